The fraction of sp³-hybridized carbons (Fsp3) is 0.400. The molecule has 1 aromatic heterocycles. The number of carbonyl (C=O) groups excluding carboxylic acids is 2. The number of carbonyl (C=O) groups is 2. The van der Waals surface area contributed by atoms with Crippen LogP contribution in [0.4, 0.5) is 11.4 Å². The van der Waals surface area contributed by atoms with Gasteiger partial charge in [-0.2, -0.15) is 0 Å². The van der Waals surface area contributed by atoms with E-state index in [0.29, 0.717) is 36.1 Å². The van der Waals surface area contributed by atoms with Crippen molar-refractivity contribution in [2.45, 2.75) is 32.1 Å². The van der Waals surface area contributed by atoms with Crippen LogP contribution in [0.2, 0.25) is 0 Å². The van der Waals surface area contributed by atoms with Gasteiger partial charge in [0.25, 0.3) is 0 Å². The lowest BCUT2D eigenvalue weighted by Gasteiger charge is -2.08. The van der Waals surface area contributed by atoms with Gasteiger partial charge in [-0.1, -0.05) is 13.0 Å². The molecule has 1 fully saturated rings. The Morgan fingerprint density at radius 2 is 1.85 bits per heavy atom. The number of amides is 2. The fourth-order valence-electron chi connectivity index (χ4n) is 2.91. The summed E-state index contributed by atoms with van der Waals surface area (Å²) in [5.74, 6) is 2.79. The lowest BCUT2D eigenvalue weighted by atomic mass is 10.2. The molecule has 2 atom stereocenters. The van der Waals surface area contributed by atoms with Crippen molar-refractivity contribution in [1.29, 1.82) is 0 Å². The van der Waals surface area contributed by atoms with Crippen LogP contribution in [0.25, 0.3) is 0 Å². The van der Waals surface area contributed by atoms with Gasteiger partial charge in [-0.15, -0.1) is 0 Å². The third kappa shape index (κ3) is 4.95. The molecule has 1 aromatic carbocycles. The first-order valence-corrected chi connectivity index (χ1v) is 8.82. The Hall–Kier alpha value is -2.60. The van der Waals surface area contributed by atoms with Crippen LogP contribution in [0.3, 0.4) is 0 Å². The molecule has 0 radical (unpaired) electrons. The summed E-state index contributed by atoms with van der Waals surface area (Å²) in [6, 6.07) is 11.0. The summed E-state index contributed by atoms with van der Waals surface area (Å²) in [6.45, 7) is 2.20. The Labute approximate surface area is 152 Å². The van der Waals surface area contributed by atoms with E-state index < -0.39 is 0 Å². The summed E-state index contributed by atoms with van der Waals surface area (Å²) in [4.78, 5) is 23.7. The third-order valence-electron chi connectivity index (χ3n) is 4.46. The highest BCUT2D eigenvalue weighted by Crippen LogP contribution is 2.47. The van der Waals surface area contributed by atoms with Crippen LogP contribution in [0.5, 0.6) is 0 Å². The van der Waals surface area contributed by atoms with Crippen LogP contribution in [0.1, 0.15) is 37.2 Å². The Kier molecular flexibility index (Phi) is 5.73. The number of rotatable bonds is 8. The summed E-state index contributed by atoms with van der Waals surface area (Å²) >= 11 is 0. The van der Waals surface area contributed by atoms with Gasteiger partial charge in [-0.3, -0.25) is 9.59 Å². The van der Waals surface area contributed by atoms with Gasteiger partial charge in [0.1, 0.15) is 18.1 Å². The zero-order chi connectivity index (χ0) is 18.5. The third-order valence-corrected chi connectivity index (χ3v) is 4.46. The molecular formula is C20H24N2O4. The minimum absolute atomic E-state index is 0.0125. The molecule has 1 aliphatic rings. The molecule has 2 aromatic rings. The Bertz CT molecular complexity index is 784. The quantitative estimate of drug-likeness (QED) is 0.758. The van der Waals surface area contributed by atoms with Gasteiger partial charge in [0.2, 0.25) is 11.8 Å². The number of hydrogen-bond acceptors (Lipinski definition) is 4. The zero-order valence-electron chi connectivity index (χ0n) is 15.1. The van der Waals surface area contributed by atoms with Crippen LogP contribution in [0.15, 0.2) is 40.8 Å². The molecule has 2 N–H and O–H groups in total. The first-order chi connectivity index (χ1) is 12.5. The maximum absolute atomic E-state index is 12.2. The molecule has 3 rings (SSSR count). The van der Waals surface area contributed by atoms with Crippen molar-refractivity contribution in [3.05, 3.63) is 47.9 Å². The van der Waals surface area contributed by atoms with Crippen molar-refractivity contribution in [2.24, 2.45) is 5.92 Å². The highest BCUT2D eigenvalue weighted by Gasteiger charge is 2.36. The second-order valence-electron chi connectivity index (χ2n) is 6.73. The first-order valence-electron chi connectivity index (χ1n) is 8.82. The van der Waals surface area contributed by atoms with Gasteiger partial charge in [-0.25, -0.2) is 0 Å². The van der Waals surface area contributed by atoms with Crippen molar-refractivity contribution in [3.63, 3.8) is 0 Å². The molecule has 0 bridgehead atoms. The average molecular weight is 356 g/mol. The predicted octanol–water partition coefficient (Wildman–Crippen LogP) is 3.56. The number of anilines is 2. The summed E-state index contributed by atoms with van der Waals surface area (Å²) in [7, 11) is 1.46. The standard InChI is InChI=1S/C20H24N2O4/c1-13-10-17(13)18-8-6-16(26-18)7-9-19(23)21-14-4-3-5-15(11-14)22-20(24)12-25-2/h3-6,8,11,13,17H,7,9-10,12H2,1-2H3,(H,21,23)(H,22,24). The Morgan fingerprint density at radius 3 is 2.50 bits per heavy atom. The van der Waals surface area contributed by atoms with Gasteiger partial charge in [0.15, 0.2) is 0 Å². The lowest BCUT2D eigenvalue weighted by molar-refractivity contribution is -0.119. The zero-order valence-corrected chi connectivity index (χ0v) is 15.1. The number of aryl methyl sites for hydroxylation is 1. The molecular weight excluding hydrogens is 332 g/mol. The summed E-state index contributed by atoms with van der Waals surface area (Å²) < 4.78 is 10.6. The summed E-state index contributed by atoms with van der Waals surface area (Å²) in [6.07, 6.45) is 2.09. The molecule has 2 amide bonds. The lowest BCUT2D eigenvalue weighted by Crippen LogP contribution is -2.17. The molecule has 1 heterocycles. The smallest absolute Gasteiger partial charge is 0.250 e. The van der Waals surface area contributed by atoms with Gasteiger partial charge < -0.3 is 19.8 Å². The largest absolute Gasteiger partial charge is 0.466 e. The number of furan rings is 1. The van der Waals surface area contributed by atoms with E-state index in [2.05, 4.69) is 17.6 Å². The van der Waals surface area contributed by atoms with E-state index in [9.17, 15) is 9.59 Å². The van der Waals surface area contributed by atoms with Crippen molar-refractivity contribution in [1.82, 2.24) is 0 Å². The highest BCUT2D eigenvalue weighted by atomic mass is 16.5. The van der Waals surface area contributed by atoms with E-state index in [4.69, 9.17) is 9.15 Å². The topological polar surface area (TPSA) is 80.6 Å². The van der Waals surface area contributed by atoms with E-state index in [-0.39, 0.29) is 18.4 Å². The molecule has 0 saturated heterocycles. The monoisotopic (exact) mass is 356 g/mol. The number of benzene rings is 1. The Morgan fingerprint density at radius 1 is 1.15 bits per heavy atom. The highest BCUT2D eigenvalue weighted by molar-refractivity contribution is 5.94. The molecule has 0 spiro atoms. The number of ether oxygens (including phenoxy) is 1. The molecule has 6 nitrogen and oxygen atoms in total. The number of hydrogen-bond donors (Lipinski definition) is 2. The van der Waals surface area contributed by atoms with Crippen molar-refractivity contribution in [2.75, 3.05) is 24.4 Å². The van der Waals surface area contributed by atoms with Gasteiger partial charge in [0, 0.05) is 37.2 Å². The number of nitrogens with one attached hydrogen (secondary N) is 2. The minimum Gasteiger partial charge on any atom is -0.466 e. The normalized spacial score (nSPS) is 18.4. The van der Waals surface area contributed by atoms with Gasteiger partial charge in [0.05, 0.1) is 0 Å². The number of methoxy groups -OCH3 is 1. The van der Waals surface area contributed by atoms with Crippen molar-refractivity contribution >= 4 is 23.2 Å². The van der Waals surface area contributed by atoms with Crippen molar-refractivity contribution in [3.8, 4) is 0 Å². The Balaban J connectivity index is 1.48. The second kappa shape index (κ2) is 8.19. The van der Waals surface area contributed by atoms with Gasteiger partial charge in [-0.05, 0) is 42.7 Å². The van der Waals surface area contributed by atoms with Crippen LogP contribution in [-0.4, -0.2) is 25.5 Å². The maximum Gasteiger partial charge on any atom is 0.250 e. The molecule has 138 valence electrons. The minimum atomic E-state index is -0.241. The van der Waals surface area contributed by atoms with Crippen LogP contribution in [-0.2, 0) is 20.7 Å². The van der Waals surface area contributed by atoms with Crippen LogP contribution < -0.4 is 10.6 Å². The van der Waals surface area contributed by atoms with E-state index in [1.165, 1.54) is 13.5 Å². The van der Waals surface area contributed by atoms with Gasteiger partial charge >= 0.3 is 0 Å². The van der Waals surface area contributed by atoms with Crippen LogP contribution >= 0.6 is 0 Å². The first kappa shape index (κ1) is 18.2. The van der Waals surface area contributed by atoms with E-state index in [1.54, 1.807) is 24.3 Å². The SMILES string of the molecule is COCC(=O)Nc1cccc(NC(=O)CCc2ccc(C3CC3C)o2)c1. The summed E-state index contributed by atoms with van der Waals surface area (Å²) in [5, 5.41) is 5.55. The van der Waals surface area contributed by atoms with Crippen LogP contribution in [0, 0.1) is 5.92 Å². The van der Waals surface area contributed by atoms with E-state index in [0.717, 1.165) is 11.5 Å². The molecule has 6 heteroatoms. The molecule has 1 aliphatic carbocycles. The fourth-order valence-corrected chi connectivity index (χ4v) is 2.91. The van der Waals surface area contributed by atoms with E-state index in [1.807, 2.05) is 12.1 Å². The summed E-state index contributed by atoms with van der Waals surface area (Å²) in [5.41, 5.74) is 1.25. The van der Waals surface area contributed by atoms with Crippen molar-refractivity contribution < 1.29 is 18.7 Å². The predicted molar refractivity (Wildman–Crippen MR) is 99.1 cm³/mol. The molecule has 1 saturated carbocycles. The molecule has 0 aliphatic heterocycles. The van der Waals surface area contributed by atoms with E-state index >= 15 is 0 Å². The maximum atomic E-state index is 12.2. The molecule has 26 heavy (non-hydrogen) atoms. The second-order valence-corrected chi connectivity index (χ2v) is 6.73. The molecule has 2 unspecified atom stereocenters. The average Bonchev–Trinajstić information content (AvgIpc) is 3.15.